The third-order valence-corrected chi connectivity index (χ3v) is 6.33. The SMILES string of the molecule is O=C1C(c2ccc(Cl)cc2)=C2C=CC=CN2/C1=C1\OC(c2ccc(Br)cc2)=CS1. The second-order valence-corrected chi connectivity index (χ2v) is 8.71. The molecule has 6 heteroatoms. The van der Waals surface area contributed by atoms with Crippen LogP contribution in [0.2, 0.25) is 5.02 Å². The molecule has 142 valence electrons. The summed E-state index contributed by atoms with van der Waals surface area (Å²) in [5.74, 6) is 0.669. The maximum atomic E-state index is 13.5. The fraction of sp³-hybridized carbons (Fsp3) is 0. The number of carbonyl (C=O) groups is 1. The monoisotopic (exact) mass is 481 g/mol. The number of halogens is 2. The predicted octanol–water partition coefficient (Wildman–Crippen LogP) is 6.71. The van der Waals surface area contributed by atoms with Gasteiger partial charge in [0.15, 0.2) is 5.09 Å². The van der Waals surface area contributed by atoms with Crippen molar-refractivity contribution in [1.82, 2.24) is 4.90 Å². The number of rotatable bonds is 2. The second kappa shape index (κ2) is 7.41. The first-order valence-corrected chi connectivity index (χ1v) is 10.9. The van der Waals surface area contributed by atoms with Crippen molar-refractivity contribution in [2.24, 2.45) is 0 Å². The van der Waals surface area contributed by atoms with Crippen molar-refractivity contribution in [2.75, 3.05) is 0 Å². The first kappa shape index (κ1) is 18.6. The molecular formula is C23H13BrClNO2S. The van der Waals surface area contributed by atoms with Crippen molar-refractivity contribution in [3.8, 4) is 0 Å². The Balaban J connectivity index is 1.53. The van der Waals surface area contributed by atoms with E-state index in [0.717, 1.165) is 27.1 Å². The molecule has 3 nitrogen and oxygen atoms in total. The first-order valence-electron chi connectivity index (χ1n) is 8.86. The number of ether oxygens (including phenoxy) is 1. The molecule has 0 aromatic heterocycles. The number of allylic oxidation sites excluding steroid dienone is 4. The third-order valence-electron chi connectivity index (χ3n) is 4.73. The van der Waals surface area contributed by atoms with Gasteiger partial charge in [-0.1, -0.05) is 69.6 Å². The third kappa shape index (κ3) is 3.29. The number of hydrogen-bond acceptors (Lipinski definition) is 4. The van der Waals surface area contributed by atoms with Gasteiger partial charge in [0.05, 0.1) is 11.3 Å². The van der Waals surface area contributed by atoms with E-state index >= 15 is 0 Å². The Labute approximate surface area is 185 Å². The van der Waals surface area contributed by atoms with Crippen LogP contribution in [0.3, 0.4) is 0 Å². The number of benzene rings is 2. The maximum absolute atomic E-state index is 13.5. The molecule has 0 bridgehead atoms. The number of thioether (sulfide) groups is 1. The normalized spacial score (nSPS) is 20.3. The number of fused-ring (bicyclic) bond motifs is 1. The quantitative estimate of drug-likeness (QED) is 0.445. The first-order chi connectivity index (χ1) is 14.1. The molecule has 2 aromatic rings. The van der Waals surface area contributed by atoms with Gasteiger partial charge in [0.2, 0.25) is 5.78 Å². The molecule has 0 saturated carbocycles. The Morgan fingerprint density at radius 3 is 2.45 bits per heavy atom. The minimum absolute atomic E-state index is 0.0634. The molecule has 3 aliphatic heterocycles. The summed E-state index contributed by atoms with van der Waals surface area (Å²) in [6, 6.07) is 15.2. The largest absolute Gasteiger partial charge is 0.447 e. The van der Waals surface area contributed by atoms with Crippen LogP contribution < -0.4 is 0 Å². The average Bonchev–Trinajstić information content (AvgIpc) is 3.31. The topological polar surface area (TPSA) is 29.5 Å². The van der Waals surface area contributed by atoms with Crippen molar-refractivity contribution in [2.45, 2.75) is 0 Å². The van der Waals surface area contributed by atoms with Crippen molar-refractivity contribution >= 4 is 56.4 Å². The number of hydrogen-bond donors (Lipinski definition) is 0. The van der Waals surface area contributed by atoms with Gasteiger partial charge in [-0.2, -0.15) is 0 Å². The maximum Gasteiger partial charge on any atom is 0.216 e. The molecule has 0 unspecified atom stereocenters. The van der Waals surface area contributed by atoms with E-state index < -0.39 is 0 Å². The van der Waals surface area contributed by atoms with Gasteiger partial charge < -0.3 is 9.64 Å². The van der Waals surface area contributed by atoms with Crippen LogP contribution in [0.15, 0.2) is 99.3 Å². The highest BCUT2D eigenvalue weighted by Gasteiger charge is 2.38. The lowest BCUT2D eigenvalue weighted by Gasteiger charge is -2.20. The van der Waals surface area contributed by atoms with E-state index in [-0.39, 0.29) is 5.78 Å². The summed E-state index contributed by atoms with van der Waals surface area (Å²) in [6.07, 6.45) is 7.67. The van der Waals surface area contributed by atoms with Crippen LogP contribution in [-0.4, -0.2) is 10.7 Å². The number of carbonyl (C=O) groups excluding carboxylic acids is 1. The minimum atomic E-state index is -0.0634. The number of ketones is 1. The lowest BCUT2D eigenvalue weighted by molar-refractivity contribution is -0.111. The van der Waals surface area contributed by atoms with Gasteiger partial charge >= 0.3 is 0 Å². The smallest absolute Gasteiger partial charge is 0.216 e. The van der Waals surface area contributed by atoms with E-state index in [4.69, 9.17) is 16.3 Å². The van der Waals surface area contributed by atoms with E-state index in [1.165, 1.54) is 11.8 Å². The summed E-state index contributed by atoms with van der Waals surface area (Å²) in [6.45, 7) is 0. The standard InChI is InChI=1S/C23H13BrClNO2S/c24-16-8-4-14(5-9-16)19-13-29-23(28-19)21-22(27)20(15-6-10-17(25)11-7-15)18-3-1-2-12-26(18)21/h1-13H/b23-21+. The van der Waals surface area contributed by atoms with E-state index in [2.05, 4.69) is 15.9 Å². The molecule has 3 heterocycles. The number of Topliss-reactive ketones (excluding diaryl/α,β-unsaturated/α-hetero) is 1. The lowest BCUT2D eigenvalue weighted by Crippen LogP contribution is -2.16. The molecule has 0 fully saturated rings. The van der Waals surface area contributed by atoms with Crippen LogP contribution in [0.5, 0.6) is 0 Å². The zero-order valence-corrected chi connectivity index (χ0v) is 18.1. The average molecular weight is 483 g/mol. The van der Waals surface area contributed by atoms with Crippen LogP contribution in [0.1, 0.15) is 11.1 Å². The van der Waals surface area contributed by atoms with E-state index in [1.54, 1.807) is 12.1 Å². The summed E-state index contributed by atoms with van der Waals surface area (Å²) >= 11 is 10.9. The molecule has 0 atom stereocenters. The lowest BCUT2D eigenvalue weighted by atomic mass is 10.0. The molecule has 0 aliphatic carbocycles. The summed E-state index contributed by atoms with van der Waals surface area (Å²) in [4.78, 5) is 15.3. The fourth-order valence-corrected chi connectivity index (χ4v) is 4.60. The van der Waals surface area contributed by atoms with Gasteiger partial charge in [-0.3, -0.25) is 4.79 Å². The van der Waals surface area contributed by atoms with Gasteiger partial charge in [-0.25, -0.2) is 0 Å². The van der Waals surface area contributed by atoms with Gasteiger partial charge in [0, 0.05) is 26.7 Å². The van der Waals surface area contributed by atoms with E-state index in [9.17, 15) is 4.79 Å². The fourth-order valence-electron chi connectivity index (χ4n) is 3.37. The second-order valence-electron chi connectivity index (χ2n) is 6.51. The summed E-state index contributed by atoms with van der Waals surface area (Å²) < 4.78 is 7.12. The Kier molecular flexibility index (Phi) is 4.74. The van der Waals surface area contributed by atoms with Crippen LogP contribution >= 0.6 is 39.3 Å². The highest BCUT2D eigenvalue weighted by Crippen LogP contribution is 2.45. The Bertz CT molecular complexity index is 1170. The zero-order chi connectivity index (χ0) is 20.0. The van der Waals surface area contributed by atoms with Crippen LogP contribution in [0.25, 0.3) is 11.3 Å². The molecule has 0 spiro atoms. The summed E-state index contributed by atoms with van der Waals surface area (Å²) in [5.41, 5.74) is 3.80. The molecule has 0 N–H and O–H groups in total. The van der Waals surface area contributed by atoms with E-state index in [1.807, 2.05) is 71.1 Å². The van der Waals surface area contributed by atoms with Crippen molar-refractivity contribution in [3.63, 3.8) is 0 Å². The Morgan fingerprint density at radius 1 is 0.966 bits per heavy atom. The van der Waals surface area contributed by atoms with Gasteiger partial charge in [0.25, 0.3) is 0 Å². The van der Waals surface area contributed by atoms with Crippen LogP contribution in [-0.2, 0) is 9.53 Å². The van der Waals surface area contributed by atoms with Gasteiger partial charge in [-0.05, 0) is 42.0 Å². The number of nitrogens with zero attached hydrogens (tertiary/aromatic N) is 1. The van der Waals surface area contributed by atoms with Gasteiger partial charge in [0.1, 0.15) is 11.5 Å². The van der Waals surface area contributed by atoms with Crippen LogP contribution in [0, 0.1) is 0 Å². The molecule has 0 saturated heterocycles. The molecule has 0 amide bonds. The van der Waals surface area contributed by atoms with E-state index in [0.29, 0.717) is 21.4 Å². The minimum Gasteiger partial charge on any atom is -0.447 e. The van der Waals surface area contributed by atoms with Crippen molar-refractivity contribution in [1.29, 1.82) is 0 Å². The van der Waals surface area contributed by atoms with Crippen molar-refractivity contribution in [3.05, 3.63) is 115 Å². The zero-order valence-electron chi connectivity index (χ0n) is 14.9. The highest BCUT2D eigenvalue weighted by molar-refractivity contribution is 9.10. The Morgan fingerprint density at radius 2 is 1.69 bits per heavy atom. The summed E-state index contributed by atoms with van der Waals surface area (Å²) in [7, 11) is 0. The van der Waals surface area contributed by atoms with Crippen LogP contribution in [0.4, 0.5) is 0 Å². The molecule has 29 heavy (non-hydrogen) atoms. The Hall–Kier alpha value is -2.47. The van der Waals surface area contributed by atoms with Crippen molar-refractivity contribution < 1.29 is 9.53 Å². The summed E-state index contributed by atoms with van der Waals surface area (Å²) in [5, 5.41) is 3.15. The molecule has 5 rings (SSSR count). The highest BCUT2D eigenvalue weighted by atomic mass is 79.9. The van der Waals surface area contributed by atoms with Gasteiger partial charge in [-0.15, -0.1) is 0 Å². The predicted molar refractivity (Wildman–Crippen MR) is 121 cm³/mol. The molecule has 0 radical (unpaired) electrons. The molecule has 3 aliphatic rings. The molecular weight excluding hydrogens is 470 g/mol. The molecule has 2 aromatic carbocycles.